The minimum Gasteiger partial charge on any atom is -0.381 e. The van der Waals surface area contributed by atoms with E-state index < -0.39 is 5.91 Å². The van der Waals surface area contributed by atoms with Crippen molar-refractivity contribution in [2.75, 3.05) is 6.54 Å². The van der Waals surface area contributed by atoms with Gasteiger partial charge >= 0.3 is 0 Å². The molecule has 0 atom stereocenters. The Kier molecular flexibility index (Phi) is 4.81. The molecule has 0 radical (unpaired) electrons. The van der Waals surface area contributed by atoms with Crippen molar-refractivity contribution in [3.63, 3.8) is 0 Å². The van der Waals surface area contributed by atoms with E-state index in [-0.39, 0.29) is 5.70 Å². The summed E-state index contributed by atoms with van der Waals surface area (Å²) >= 11 is 0. The normalized spacial score (nSPS) is 10.8. The first kappa shape index (κ1) is 9.68. The molecule has 62 valence electrons. The number of carbonyl (C=O) groups excluding carboxylic acids is 2. The fraction of sp³-hybridized carbons (Fsp3) is 0.429. The van der Waals surface area contributed by atoms with Crippen LogP contribution in [0.25, 0.3) is 0 Å². The summed E-state index contributed by atoms with van der Waals surface area (Å²) in [6, 6.07) is 0. The predicted octanol–water partition coefficient (Wildman–Crippen LogP) is -0.446. The second-order valence-corrected chi connectivity index (χ2v) is 2.01. The third-order valence-electron chi connectivity index (χ3n) is 1.07. The van der Waals surface area contributed by atoms with Crippen molar-refractivity contribution in [3.8, 4) is 0 Å². The molecule has 0 fully saturated rings. The molecular weight excluding hydrogens is 144 g/mol. The van der Waals surface area contributed by atoms with Gasteiger partial charge in [0.05, 0.1) is 0 Å². The Balaban J connectivity index is 4.00. The van der Waals surface area contributed by atoms with Gasteiger partial charge in [-0.15, -0.1) is 0 Å². The van der Waals surface area contributed by atoms with E-state index in [1.165, 1.54) is 0 Å². The van der Waals surface area contributed by atoms with Crippen molar-refractivity contribution in [3.05, 3.63) is 11.8 Å². The molecule has 0 heterocycles. The monoisotopic (exact) mass is 156 g/mol. The maximum atomic E-state index is 10.5. The van der Waals surface area contributed by atoms with Crippen LogP contribution in [0.1, 0.15) is 13.3 Å². The van der Waals surface area contributed by atoms with Crippen LogP contribution < -0.4 is 11.1 Å². The quantitative estimate of drug-likeness (QED) is 0.418. The number of allylic oxidation sites excluding steroid dienone is 1. The molecule has 4 heteroatoms. The first-order valence-electron chi connectivity index (χ1n) is 3.41. The number of hydrogen-bond donors (Lipinski definition) is 2. The molecule has 11 heavy (non-hydrogen) atoms. The summed E-state index contributed by atoms with van der Waals surface area (Å²) in [5.74, 6) is -0.606. The Hall–Kier alpha value is -1.32. The molecular formula is C7H12N2O2. The van der Waals surface area contributed by atoms with Crippen molar-refractivity contribution < 1.29 is 9.59 Å². The molecule has 4 nitrogen and oxygen atoms in total. The summed E-state index contributed by atoms with van der Waals surface area (Å²) in [7, 11) is 0. The number of carbonyl (C=O) groups is 2. The van der Waals surface area contributed by atoms with Gasteiger partial charge in [-0.1, -0.05) is 6.92 Å². The van der Waals surface area contributed by atoms with E-state index in [0.29, 0.717) is 12.8 Å². The lowest BCUT2D eigenvalue weighted by Gasteiger charge is -2.03. The second kappa shape index (κ2) is 5.46. The molecule has 0 aliphatic carbocycles. The highest BCUT2D eigenvalue weighted by atomic mass is 16.1. The molecule has 1 amide bonds. The highest BCUT2D eigenvalue weighted by Crippen LogP contribution is 1.85. The molecule has 0 aliphatic heterocycles. The van der Waals surface area contributed by atoms with E-state index in [1.54, 1.807) is 0 Å². The first-order chi connectivity index (χ1) is 5.22. The Bertz CT molecular complexity index is 175. The van der Waals surface area contributed by atoms with Crippen molar-refractivity contribution in [1.82, 2.24) is 5.32 Å². The van der Waals surface area contributed by atoms with Crippen LogP contribution in [0, 0.1) is 0 Å². The smallest absolute Gasteiger partial charge is 0.264 e. The Morgan fingerprint density at radius 2 is 2.27 bits per heavy atom. The maximum Gasteiger partial charge on any atom is 0.264 e. The number of rotatable bonds is 5. The van der Waals surface area contributed by atoms with Gasteiger partial charge in [0.1, 0.15) is 12.0 Å². The minimum atomic E-state index is -0.606. The fourth-order valence-corrected chi connectivity index (χ4v) is 0.556. The van der Waals surface area contributed by atoms with Gasteiger partial charge in [-0.05, 0) is 6.42 Å². The largest absolute Gasteiger partial charge is 0.381 e. The SMILES string of the molecule is CCCNC(=CC=O)C(N)=O. The van der Waals surface area contributed by atoms with Crippen LogP contribution in [0.15, 0.2) is 11.8 Å². The van der Waals surface area contributed by atoms with Gasteiger partial charge in [0.25, 0.3) is 5.91 Å². The van der Waals surface area contributed by atoms with Crippen LogP contribution >= 0.6 is 0 Å². The minimum absolute atomic E-state index is 0.168. The molecule has 0 aliphatic rings. The summed E-state index contributed by atoms with van der Waals surface area (Å²) in [5.41, 5.74) is 5.10. The molecule has 0 spiro atoms. The van der Waals surface area contributed by atoms with E-state index in [2.05, 4.69) is 5.32 Å². The standard InChI is InChI=1S/C7H12N2O2/c1-2-4-9-6(3-5-10)7(8)11/h3,5,9H,2,4H2,1H3,(H2,8,11). The molecule has 0 aromatic carbocycles. The molecule has 0 rings (SSSR count). The molecule has 0 saturated carbocycles. The number of primary amides is 1. The molecule has 3 N–H and O–H groups in total. The fourth-order valence-electron chi connectivity index (χ4n) is 0.556. The van der Waals surface area contributed by atoms with Crippen LogP contribution in [0.4, 0.5) is 0 Å². The lowest BCUT2D eigenvalue weighted by Crippen LogP contribution is -2.26. The molecule has 0 bridgehead atoms. The van der Waals surface area contributed by atoms with Gasteiger partial charge in [0, 0.05) is 12.6 Å². The van der Waals surface area contributed by atoms with Gasteiger partial charge < -0.3 is 11.1 Å². The zero-order valence-corrected chi connectivity index (χ0v) is 6.46. The van der Waals surface area contributed by atoms with Gasteiger partial charge in [-0.3, -0.25) is 9.59 Å². The third kappa shape index (κ3) is 4.13. The predicted molar refractivity (Wildman–Crippen MR) is 41.6 cm³/mol. The Morgan fingerprint density at radius 3 is 2.64 bits per heavy atom. The third-order valence-corrected chi connectivity index (χ3v) is 1.07. The topological polar surface area (TPSA) is 72.2 Å². The Labute approximate surface area is 65.5 Å². The van der Waals surface area contributed by atoms with E-state index >= 15 is 0 Å². The zero-order valence-electron chi connectivity index (χ0n) is 6.46. The van der Waals surface area contributed by atoms with Crippen molar-refractivity contribution >= 4 is 12.2 Å². The molecule has 0 saturated heterocycles. The van der Waals surface area contributed by atoms with Crippen LogP contribution in [-0.2, 0) is 9.59 Å². The summed E-state index contributed by atoms with van der Waals surface area (Å²) in [4.78, 5) is 20.5. The summed E-state index contributed by atoms with van der Waals surface area (Å²) in [5, 5.41) is 2.73. The first-order valence-corrected chi connectivity index (χ1v) is 3.41. The van der Waals surface area contributed by atoms with Crippen LogP contribution in [0.5, 0.6) is 0 Å². The van der Waals surface area contributed by atoms with Crippen LogP contribution in [0.3, 0.4) is 0 Å². The number of nitrogens with one attached hydrogen (secondary N) is 1. The highest BCUT2D eigenvalue weighted by Gasteiger charge is 2.00. The van der Waals surface area contributed by atoms with Crippen LogP contribution in [-0.4, -0.2) is 18.7 Å². The second-order valence-electron chi connectivity index (χ2n) is 2.01. The van der Waals surface area contributed by atoms with Gasteiger partial charge in [-0.25, -0.2) is 0 Å². The highest BCUT2D eigenvalue weighted by molar-refractivity contribution is 5.94. The average molecular weight is 156 g/mol. The summed E-state index contributed by atoms with van der Waals surface area (Å²) < 4.78 is 0. The van der Waals surface area contributed by atoms with Gasteiger partial charge in [0.2, 0.25) is 0 Å². The van der Waals surface area contributed by atoms with Gasteiger partial charge in [0.15, 0.2) is 0 Å². The number of aldehydes is 1. The van der Waals surface area contributed by atoms with E-state index in [1.807, 2.05) is 6.92 Å². The lowest BCUT2D eigenvalue weighted by atomic mass is 10.3. The summed E-state index contributed by atoms with van der Waals surface area (Å²) in [6.45, 7) is 2.59. The average Bonchev–Trinajstić information content (AvgIpc) is 1.97. The molecule has 0 aromatic heterocycles. The van der Waals surface area contributed by atoms with Gasteiger partial charge in [-0.2, -0.15) is 0 Å². The number of amides is 1. The number of nitrogens with two attached hydrogens (primary N) is 1. The number of hydrogen-bond acceptors (Lipinski definition) is 3. The molecule has 0 aromatic rings. The van der Waals surface area contributed by atoms with Crippen LogP contribution in [0.2, 0.25) is 0 Å². The van der Waals surface area contributed by atoms with E-state index in [0.717, 1.165) is 12.5 Å². The van der Waals surface area contributed by atoms with Crippen molar-refractivity contribution in [1.29, 1.82) is 0 Å². The van der Waals surface area contributed by atoms with E-state index in [4.69, 9.17) is 5.73 Å². The summed E-state index contributed by atoms with van der Waals surface area (Å²) in [6.07, 6.45) is 2.53. The Morgan fingerprint density at radius 1 is 1.64 bits per heavy atom. The maximum absolute atomic E-state index is 10.5. The lowest BCUT2D eigenvalue weighted by molar-refractivity contribution is -0.115. The van der Waals surface area contributed by atoms with Crippen molar-refractivity contribution in [2.24, 2.45) is 5.73 Å². The van der Waals surface area contributed by atoms with Crippen molar-refractivity contribution in [2.45, 2.75) is 13.3 Å². The molecule has 0 unspecified atom stereocenters. The zero-order chi connectivity index (χ0) is 8.69. The van der Waals surface area contributed by atoms with E-state index in [9.17, 15) is 9.59 Å².